The van der Waals surface area contributed by atoms with E-state index in [0.717, 1.165) is 5.56 Å². The number of hydrogen-bond acceptors (Lipinski definition) is 3. The average molecular weight is 255 g/mol. The lowest BCUT2D eigenvalue weighted by atomic mass is 10.0. The van der Waals surface area contributed by atoms with Gasteiger partial charge in [0.25, 0.3) is 0 Å². The second kappa shape index (κ2) is 5.53. The van der Waals surface area contributed by atoms with Crippen molar-refractivity contribution in [2.24, 2.45) is 5.73 Å². The second-order valence-corrected chi connectivity index (χ2v) is 4.65. The third-order valence-electron chi connectivity index (χ3n) is 3.30. The van der Waals surface area contributed by atoms with E-state index in [9.17, 15) is 0 Å². The van der Waals surface area contributed by atoms with Gasteiger partial charge in [-0.2, -0.15) is 0 Å². The van der Waals surface area contributed by atoms with Crippen LogP contribution >= 0.6 is 0 Å². The molecule has 1 aliphatic heterocycles. The molecular weight excluding hydrogens is 238 g/mol. The molecule has 0 bridgehead atoms. The molecule has 1 aliphatic rings. The molecule has 0 radical (unpaired) electrons. The van der Waals surface area contributed by atoms with Gasteiger partial charge in [0.05, 0.1) is 12.7 Å². The fourth-order valence-corrected chi connectivity index (χ4v) is 2.21. The maximum atomic E-state index is 5.69. The van der Waals surface area contributed by atoms with E-state index in [2.05, 4.69) is 24.3 Å². The summed E-state index contributed by atoms with van der Waals surface area (Å²) < 4.78 is 11.3. The number of rotatable bonds is 3. The molecule has 3 nitrogen and oxygen atoms in total. The highest BCUT2D eigenvalue weighted by Gasteiger charge is 2.25. The van der Waals surface area contributed by atoms with Crippen LogP contribution in [0.15, 0.2) is 54.6 Å². The van der Waals surface area contributed by atoms with E-state index in [0.29, 0.717) is 13.2 Å². The van der Waals surface area contributed by atoms with Gasteiger partial charge in [-0.05, 0) is 11.1 Å². The van der Waals surface area contributed by atoms with Gasteiger partial charge in [0.1, 0.15) is 0 Å². The van der Waals surface area contributed by atoms with Crippen LogP contribution in [0.4, 0.5) is 0 Å². The number of ether oxygens (including phenoxy) is 2. The van der Waals surface area contributed by atoms with Gasteiger partial charge in [0.15, 0.2) is 6.29 Å². The predicted molar refractivity (Wildman–Crippen MR) is 74.5 cm³/mol. The Morgan fingerprint density at radius 3 is 2.26 bits per heavy atom. The smallest absolute Gasteiger partial charge is 0.184 e. The Bertz CT molecular complexity index is 524. The number of hydrogen-bond donors (Lipinski definition) is 1. The Kier molecular flexibility index (Phi) is 3.60. The Morgan fingerprint density at radius 2 is 1.63 bits per heavy atom. The van der Waals surface area contributed by atoms with Gasteiger partial charge >= 0.3 is 0 Å². The molecule has 2 unspecified atom stereocenters. The first-order chi connectivity index (χ1) is 9.36. The average Bonchev–Trinajstić information content (AvgIpc) is 2.97. The largest absolute Gasteiger partial charge is 0.346 e. The van der Waals surface area contributed by atoms with Crippen molar-refractivity contribution in [1.29, 1.82) is 0 Å². The molecule has 2 atom stereocenters. The predicted octanol–water partition coefficient (Wildman–Crippen LogP) is 2.73. The molecule has 2 aromatic rings. The first kappa shape index (κ1) is 12.4. The molecule has 98 valence electrons. The normalized spacial score (nSPS) is 22.6. The first-order valence-electron chi connectivity index (χ1n) is 6.49. The lowest BCUT2D eigenvalue weighted by molar-refractivity contribution is -0.0585. The summed E-state index contributed by atoms with van der Waals surface area (Å²) in [6, 6.07) is 18.6. The lowest BCUT2D eigenvalue weighted by Gasteiger charge is -2.11. The lowest BCUT2D eigenvalue weighted by Crippen LogP contribution is -2.21. The van der Waals surface area contributed by atoms with Crippen LogP contribution in [0.1, 0.15) is 11.9 Å². The molecule has 2 N–H and O–H groups in total. The molecule has 3 rings (SSSR count). The van der Waals surface area contributed by atoms with Gasteiger partial charge < -0.3 is 15.2 Å². The fraction of sp³-hybridized carbons (Fsp3) is 0.250. The van der Waals surface area contributed by atoms with E-state index in [1.807, 2.05) is 30.3 Å². The van der Waals surface area contributed by atoms with Crippen LogP contribution in [0.5, 0.6) is 0 Å². The van der Waals surface area contributed by atoms with Gasteiger partial charge in [-0.3, -0.25) is 0 Å². The van der Waals surface area contributed by atoms with E-state index in [4.69, 9.17) is 15.2 Å². The zero-order chi connectivity index (χ0) is 13.1. The maximum absolute atomic E-state index is 5.69. The third kappa shape index (κ3) is 2.68. The zero-order valence-corrected chi connectivity index (χ0v) is 10.7. The van der Waals surface area contributed by atoms with E-state index in [-0.39, 0.29) is 12.4 Å². The first-order valence-corrected chi connectivity index (χ1v) is 6.49. The third-order valence-corrected chi connectivity index (χ3v) is 3.30. The Balaban J connectivity index is 1.76. The van der Waals surface area contributed by atoms with Crippen molar-refractivity contribution in [3.8, 4) is 11.1 Å². The standard InChI is InChI=1S/C16H17NO2/c17-10-15-11-18-16(19-15)14-8-6-13(7-9-14)12-4-2-1-3-5-12/h1-9,15-16H,10-11,17H2. The van der Waals surface area contributed by atoms with Crippen molar-refractivity contribution in [2.75, 3.05) is 13.2 Å². The summed E-state index contributed by atoms with van der Waals surface area (Å²) in [7, 11) is 0. The van der Waals surface area contributed by atoms with E-state index in [1.165, 1.54) is 11.1 Å². The summed E-state index contributed by atoms with van der Waals surface area (Å²) in [4.78, 5) is 0. The van der Waals surface area contributed by atoms with Crippen molar-refractivity contribution in [3.63, 3.8) is 0 Å². The number of nitrogens with two attached hydrogens (primary N) is 1. The second-order valence-electron chi connectivity index (χ2n) is 4.65. The quantitative estimate of drug-likeness (QED) is 0.917. The topological polar surface area (TPSA) is 44.5 Å². The summed E-state index contributed by atoms with van der Waals surface area (Å²) in [5.74, 6) is 0. The van der Waals surface area contributed by atoms with Crippen LogP contribution in [0.3, 0.4) is 0 Å². The molecular formula is C16H17NO2. The summed E-state index contributed by atoms with van der Waals surface area (Å²) in [5, 5.41) is 0. The Labute approximate surface area is 113 Å². The van der Waals surface area contributed by atoms with Gasteiger partial charge in [-0.25, -0.2) is 0 Å². The van der Waals surface area contributed by atoms with Crippen molar-refractivity contribution in [2.45, 2.75) is 12.4 Å². The van der Waals surface area contributed by atoms with Crippen LogP contribution < -0.4 is 5.73 Å². The SMILES string of the molecule is NCC1COC(c2ccc(-c3ccccc3)cc2)O1. The molecule has 1 fully saturated rings. The summed E-state index contributed by atoms with van der Waals surface area (Å²) in [5.41, 5.74) is 9.01. The van der Waals surface area contributed by atoms with Gasteiger partial charge in [0, 0.05) is 12.1 Å². The van der Waals surface area contributed by atoms with Crippen molar-refractivity contribution in [1.82, 2.24) is 0 Å². The molecule has 3 heteroatoms. The highest BCUT2D eigenvalue weighted by Crippen LogP contribution is 2.28. The summed E-state index contributed by atoms with van der Waals surface area (Å²) in [6.07, 6.45) is -0.267. The van der Waals surface area contributed by atoms with E-state index < -0.39 is 0 Å². The minimum Gasteiger partial charge on any atom is -0.346 e. The van der Waals surface area contributed by atoms with Crippen molar-refractivity contribution in [3.05, 3.63) is 60.2 Å². The van der Waals surface area contributed by atoms with Crippen LogP contribution in [-0.4, -0.2) is 19.3 Å². The van der Waals surface area contributed by atoms with Crippen molar-refractivity contribution >= 4 is 0 Å². The van der Waals surface area contributed by atoms with E-state index >= 15 is 0 Å². The van der Waals surface area contributed by atoms with Crippen LogP contribution in [-0.2, 0) is 9.47 Å². The molecule has 0 saturated carbocycles. The Morgan fingerprint density at radius 1 is 0.947 bits per heavy atom. The number of benzene rings is 2. The molecule has 0 aliphatic carbocycles. The molecule has 0 amide bonds. The fourth-order valence-electron chi connectivity index (χ4n) is 2.21. The van der Waals surface area contributed by atoms with Gasteiger partial charge in [-0.1, -0.05) is 54.6 Å². The maximum Gasteiger partial charge on any atom is 0.184 e. The minimum absolute atomic E-state index is 0.0128. The highest BCUT2D eigenvalue weighted by molar-refractivity contribution is 5.63. The monoisotopic (exact) mass is 255 g/mol. The van der Waals surface area contributed by atoms with E-state index in [1.54, 1.807) is 0 Å². The molecule has 0 aromatic heterocycles. The van der Waals surface area contributed by atoms with Crippen LogP contribution in [0.25, 0.3) is 11.1 Å². The molecule has 2 aromatic carbocycles. The van der Waals surface area contributed by atoms with Crippen molar-refractivity contribution < 1.29 is 9.47 Å². The molecule has 19 heavy (non-hydrogen) atoms. The minimum atomic E-state index is -0.279. The highest BCUT2D eigenvalue weighted by atomic mass is 16.7. The van der Waals surface area contributed by atoms with Gasteiger partial charge in [0.2, 0.25) is 0 Å². The zero-order valence-electron chi connectivity index (χ0n) is 10.7. The summed E-state index contributed by atoms with van der Waals surface area (Å²) in [6.45, 7) is 1.07. The molecule has 0 spiro atoms. The molecule has 1 saturated heterocycles. The molecule has 1 heterocycles. The van der Waals surface area contributed by atoms with Crippen LogP contribution in [0.2, 0.25) is 0 Å². The van der Waals surface area contributed by atoms with Gasteiger partial charge in [-0.15, -0.1) is 0 Å². The van der Waals surface area contributed by atoms with Crippen LogP contribution in [0, 0.1) is 0 Å². The summed E-state index contributed by atoms with van der Waals surface area (Å²) >= 11 is 0. The Hall–Kier alpha value is -1.68.